The maximum absolute atomic E-state index is 5.70. The molecule has 0 spiro atoms. The predicted octanol–water partition coefficient (Wildman–Crippen LogP) is 4.54. The van der Waals surface area contributed by atoms with E-state index in [1.54, 1.807) is 0 Å². The van der Waals surface area contributed by atoms with Crippen LogP contribution in [-0.2, 0) is 13.0 Å². The van der Waals surface area contributed by atoms with Crippen LogP contribution in [0.5, 0.6) is 0 Å². The van der Waals surface area contributed by atoms with Gasteiger partial charge in [0.2, 0.25) is 0 Å². The van der Waals surface area contributed by atoms with E-state index in [2.05, 4.69) is 67.3 Å². The largest absolute Gasteiger partial charge is 0.358 e. The molecule has 0 aromatic heterocycles. The van der Waals surface area contributed by atoms with Gasteiger partial charge in [-0.05, 0) is 29.0 Å². The molecule has 1 heterocycles. The summed E-state index contributed by atoms with van der Waals surface area (Å²) in [5.41, 5.74) is 5.40. The van der Waals surface area contributed by atoms with Crippen molar-refractivity contribution in [1.29, 1.82) is 0 Å². The Kier molecular flexibility index (Phi) is 4.07. The van der Waals surface area contributed by atoms with E-state index in [1.165, 1.54) is 16.7 Å². The lowest BCUT2D eigenvalue weighted by molar-refractivity contribution is 0.401. The number of nitrogens with zero attached hydrogens (tertiary/aromatic N) is 1. The summed E-state index contributed by atoms with van der Waals surface area (Å²) in [5.74, 6) is 0.564. The number of rotatable bonds is 2. The van der Waals surface area contributed by atoms with Gasteiger partial charge in [0.05, 0.1) is 0 Å². The predicted molar refractivity (Wildman–Crippen MR) is 92.8 cm³/mol. The topological polar surface area (TPSA) is 3.24 Å². The first-order valence-electron chi connectivity index (χ1n) is 7.61. The van der Waals surface area contributed by atoms with E-state index in [0.29, 0.717) is 5.92 Å². The van der Waals surface area contributed by atoms with Crippen molar-refractivity contribution in [3.05, 3.63) is 70.8 Å². The van der Waals surface area contributed by atoms with Gasteiger partial charge in [0.1, 0.15) is 4.99 Å². The average Bonchev–Trinajstić information content (AvgIpc) is 2.54. The second kappa shape index (κ2) is 5.98. The molecule has 21 heavy (non-hydrogen) atoms. The maximum atomic E-state index is 5.70. The Morgan fingerprint density at radius 2 is 1.67 bits per heavy atom. The molecular weight excluding hydrogens is 274 g/mol. The normalized spacial score (nSPS) is 14.1. The van der Waals surface area contributed by atoms with Crippen molar-refractivity contribution in [2.24, 2.45) is 0 Å². The molecule has 1 nitrogen and oxygen atoms in total. The Balaban J connectivity index is 1.77. The van der Waals surface area contributed by atoms with Crippen molar-refractivity contribution in [3.63, 3.8) is 0 Å². The first-order valence-corrected chi connectivity index (χ1v) is 8.02. The fourth-order valence-corrected chi connectivity index (χ4v) is 3.15. The lowest BCUT2D eigenvalue weighted by Gasteiger charge is -2.31. The molecule has 0 atom stereocenters. The Labute approximate surface area is 132 Å². The molecular formula is C19H21NS. The molecule has 1 aliphatic rings. The van der Waals surface area contributed by atoms with E-state index >= 15 is 0 Å². The zero-order valence-corrected chi connectivity index (χ0v) is 13.5. The lowest BCUT2D eigenvalue weighted by atomic mass is 9.98. The molecule has 3 rings (SSSR count). The first kappa shape index (κ1) is 14.3. The molecule has 0 N–H and O–H groups in total. The summed E-state index contributed by atoms with van der Waals surface area (Å²) in [6.45, 7) is 6.38. The molecule has 0 fully saturated rings. The Bertz CT molecular complexity index is 643. The van der Waals surface area contributed by atoms with Crippen LogP contribution in [0.4, 0.5) is 0 Å². The minimum Gasteiger partial charge on any atom is -0.358 e. The van der Waals surface area contributed by atoms with Gasteiger partial charge in [-0.25, -0.2) is 0 Å². The summed E-state index contributed by atoms with van der Waals surface area (Å²) in [4.78, 5) is 3.29. The number of thiocarbonyl (C=S) groups is 1. The summed E-state index contributed by atoms with van der Waals surface area (Å²) in [6.07, 6.45) is 1.08. The molecule has 108 valence electrons. The first-order chi connectivity index (χ1) is 10.1. The van der Waals surface area contributed by atoms with E-state index in [-0.39, 0.29) is 0 Å². The van der Waals surface area contributed by atoms with Crippen molar-refractivity contribution in [3.8, 4) is 0 Å². The highest BCUT2D eigenvalue weighted by Gasteiger charge is 2.18. The molecule has 0 radical (unpaired) electrons. The molecule has 0 unspecified atom stereocenters. The van der Waals surface area contributed by atoms with E-state index in [9.17, 15) is 0 Å². The molecule has 2 aromatic carbocycles. The van der Waals surface area contributed by atoms with Gasteiger partial charge in [0, 0.05) is 18.7 Å². The maximum Gasteiger partial charge on any atom is 0.109 e. The van der Waals surface area contributed by atoms with Gasteiger partial charge in [0.15, 0.2) is 0 Å². The molecule has 2 aromatic rings. The zero-order chi connectivity index (χ0) is 14.8. The van der Waals surface area contributed by atoms with Crippen LogP contribution in [0.25, 0.3) is 0 Å². The Hall–Kier alpha value is -1.67. The summed E-state index contributed by atoms with van der Waals surface area (Å²) >= 11 is 5.70. The van der Waals surface area contributed by atoms with Crippen molar-refractivity contribution in [1.82, 2.24) is 4.90 Å². The number of hydrogen-bond donors (Lipinski definition) is 0. The third-order valence-electron chi connectivity index (χ3n) is 4.24. The average molecular weight is 295 g/mol. The standard InChI is InChI=1S/C19H21NS/c1-14(2)15-7-9-17(10-8-15)19(21)20-12-11-16-5-3-4-6-18(16)13-20/h3-10,14H,11-13H2,1-2H3. The molecule has 0 aliphatic carbocycles. The highest BCUT2D eigenvalue weighted by Crippen LogP contribution is 2.22. The van der Waals surface area contributed by atoms with Crippen LogP contribution in [0.3, 0.4) is 0 Å². The van der Waals surface area contributed by atoms with Crippen LogP contribution in [0.1, 0.15) is 42.0 Å². The minimum atomic E-state index is 0.564. The quantitative estimate of drug-likeness (QED) is 0.748. The fourth-order valence-electron chi connectivity index (χ4n) is 2.86. The smallest absolute Gasteiger partial charge is 0.109 e. The highest BCUT2D eigenvalue weighted by atomic mass is 32.1. The molecule has 0 saturated heterocycles. The van der Waals surface area contributed by atoms with Crippen molar-refractivity contribution >= 4 is 17.2 Å². The Morgan fingerprint density at radius 3 is 2.33 bits per heavy atom. The van der Waals surface area contributed by atoms with E-state index in [4.69, 9.17) is 12.2 Å². The van der Waals surface area contributed by atoms with Gasteiger partial charge in [-0.15, -0.1) is 0 Å². The summed E-state index contributed by atoms with van der Waals surface area (Å²) in [6, 6.07) is 17.4. The van der Waals surface area contributed by atoms with Crippen LogP contribution in [0, 0.1) is 0 Å². The van der Waals surface area contributed by atoms with Gasteiger partial charge >= 0.3 is 0 Å². The summed E-state index contributed by atoms with van der Waals surface area (Å²) < 4.78 is 0. The monoisotopic (exact) mass is 295 g/mol. The summed E-state index contributed by atoms with van der Waals surface area (Å²) in [7, 11) is 0. The highest BCUT2D eigenvalue weighted by molar-refractivity contribution is 7.80. The molecule has 0 bridgehead atoms. The number of benzene rings is 2. The number of fused-ring (bicyclic) bond motifs is 1. The van der Waals surface area contributed by atoms with Crippen molar-refractivity contribution in [2.75, 3.05) is 6.54 Å². The van der Waals surface area contributed by atoms with Crippen LogP contribution < -0.4 is 0 Å². The van der Waals surface area contributed by atoms with E-state index < -0.39 is 0 Å². The molecule has 1 aliphatic heterocycles. The van der Waals surface area contributed by atoms with Crippen molar-refractivity contribution in [2.45, 2.75) is 32.7 Å². The number of hydrogen-bond acceptors (Lipinski definition) is 1. The third-order valence-corrected chi connectivity index (χ3v) is 4.74. The molecule has 0 saturated carbocycles. The van der Waals surface area contributed by atoms with Gasteiger partial charge in [-0.1, -0.05) is 74.6 Å². The van der Waals surface area contributed by atoms with Crippen LogP contribution in [0.2, 0.25) is 0 Å². The van der Waals surface area contributed by atoms with Crippen LogP contribution in [0.15, 0.2) is 48.5 Å². The molecule has 0 amide bonds. The van der Waals surface area contributed by atoms with Gasteiger partial charge < -0.3 is 4.90 Å². The summed E-state index contributed by atoms with van der Waals surface area (Å²) in [5, 5.41) is 0. The second-order valence-corrected chi connectivity index (χ2v) is 6.41. The van der Waals surface area contributed by atoms with Crippen LogP contribution in [-0.4, -0.2) is 16.4 Å². The van der Waals surface area contributed by atoms with Crippen LogP contribution >= 0.6 is 12.2 Å². The molecule has 2 heteroatoms. The second-order valence-electron chi connectivity index (χ2n) is 6.02. The van der Waals surface area contributed by atoms with E-state index in [0.717, 1.165) is 30.1 Å². The zero-order valence-electron chi connectivity index (χ0n) is 12.7. The fraction of sp³-hybridized carbons (Fsp3) is 0.316. The van der Waals surface area contributed by atoms with Gasteiger partial charge in [-0.2, -0.15) is 0 Å². The Morgan fingerprint density at radius 1 is 1.00 bits per heavy atom. The minimum absolute atomic E-state index is 0.564. The van der Waals surface area contributed by atoms with Crippen molar-refractivity contribution < 1.29 is 0 Å². The third kappa shape index (κ3) is 3.01. The van der Waals surface area contributed by atoms with E-state index in [1.807, 2.05) is 0 Å². The SMILES string of the molecule is CC(C)c1ccc(C(=S)N2CCc3ccccc3C2)cc1. The lowest BCUT2D eigenvalue weighted by Crippen LogP contribution is -2.35. The van der Waals surface area contributed by atoms with Gasteiger partial charge in [0.25, 0.3) is 0 Å². The van der Waals surface area contributed by atoms with Gasteiger partial charge in [-0.3, -0.25) is 0 Å².